The number of para-hydroxylation sites is 1. The second kappa shape index (κ2) is 6.04. The van der Waals surface area contributed by atoms with Gasteiger partial charge in [-0.3, -0.25) is 4.79 Å². The number of rotatable bonds is 2. The number of aromatic nitrogens is 3. The predicted molar refractivity (Wildman–Crippen MR) is 104 cm³/mol. The fourth-order valence-electron chi connectivity index (χ4n) is 3.55. The van der Waals surface area contributed by atoms with Crippen LogP contribution in [0.15, 0.2) is 54.7 Å². The van der Waals surface area contributed by atoms with Crippen molar-refractivity contribution in [1.82, 2.24) is 14.8 Å². The van der Waals surface area contributed by atoms with Crippen LogP contribution in [0.3, 0.4) is 0 Å². The number of hydrogen-bond acceptors (Lipinski definition) is 4. The highest BCUT2D eigenvalue weighted by atomic mass is 35.5. The molecular weight excluding hydrogens is 366 g/mol. The molecule has 6 heteroatoms. The van der Waals surface area contributed by atoms with Crippen LogP contribution in [0.5, 0.6) is 0 Å². The van der Waals surface area contributed by atoms with E-state index in [1.807, 2.05) is 53.2 Å². The first-order valence-corrected chi connectivity index (χ1v) is 9.60. The van der Waals surface area contributed by atoms with Gasteiger partial charge in [-0.25, -0.2) is 9.67 Å². The van der Waals surface area contributed by atoms with Crippen molar-refractivity contribution in [3.05, 3.63) is 76.6 Å². The van der Waals surface area contributed by atoms with Crippen molar-refractivity contribution in [3.8, 4) is 5.13 Å². The lowest BCUT2D eigenvalue weighted by molar-refractivity contribution is 0.0963. The number of halogens is 1. The fourth-order valence-corrected chi connectivity index (χ4v) is 4.70. The van der Waals surface area contributed by atoms with Crippen molar-refractivity contribution in [2.75, 3.05) is 0 Å². The molecule has 2 aromatic heterocycles. The first-order chi connectivity index (χ1) is 12.7. The van der Waals surface area contributed by atoms with Gasteiger partial charge in [0.25, 0.3) is 0 Å². The SMILES string of the molecule is O=C1CC(c2cccc(Cl)c2)Cc2c1cnn2-c1nc2ccccc2s1. The Balaban J connectivity index is 1.59. The van der Waals surface area contributed by atoms with E-state index in [0.717, 1.165) is 33.0 Å². The monoisotopic (exact) mass is 379 g/mol. The van der Waals surface area contributed by atoms with E-state index < -0.39 is 0 Å². The second-order valence-corrected chi connectivity index (χ2v) is 7.91. The molecule has 0 saturated carbocycles. The Bertz CT molecular complexity index is 1110. The summed E-state index contributed by atoms with van der Waals surface area (Å²) in [6.45, 7) is 0. The zero-order valence-corrected chi connectivity index (χ0v) is 15.3. The number of hydrogen-bond donors (Lipinski definition) is 0. The maximum absolute atomic E-state index is 12.7. The van der Waals surface area contributed by atoms with Crippen LogP contribution in [0, 0.1) is 0 Å². The minimum Gasteiger partial charge on any atom is -0.294 e. The van der Waals surface area contributed by atoms with Crippen LogP contribution in [-0.4, -0.2) is 20.5 Å². The van der Waals surface area contributed by atoms with E-state index in [4.69, 9.17) is 11.6 Å². The van der Waals surface area contributed by atoms with Crippen molar-refractivity contribution in [3.63, 3.8) is 0 Å². The zero-order chi connectivity index (χ0) is 17.7. The zero-order valence-electron chi connectivity index (χ0n) is 13.7. The van der Waals surface area contributed by atoms with E-state index >= 15 is 0 Å². The first-order valence-electron chi connectivity index (χ1n) is 8.40. The smallest absolute Gasteiger partial charge is 0.211 e. The molecule has 1 unspecified atom stereocenters. The minimum absolute atomic E-state index is 0.110. The highest BCUT2D eigenvalue weighted by Gasteiger charge is 2.30. The number of carbonyl (C=O) groups excluding carboxylic acids is 1. The van der Waals surface area contributed by atoms with Crippen molar-refractivity contribution < 1.29 is 4.79 Å². The molecule has 1 aliphatic carbocycles. The molecule has 1 aliphatic rings. The van der Waals surface area contributed by atoms with E-state index in [1.54, 1.807) is 17.5 Å². The Hall–Kier alpha value is -2.50. The number of thiazole rings is 1. The van der Waals surface area contributed by atoms with Crippen LogP contribution in [0.2, 0.25) is 5.02 Å². The minimum atomic E-state index is 0.110. The molecule has 4 nitrogen and oxygen atoms in total. The van der Waals surface area contributed by atoms with Gasteiger partial charge in [0.05, 0.1) is 27.7 Å². The summed E-state index contributed by atoms with van der Waals surface area (Å²) in [6, 6.07) is 15.8. The lowest BCUT2D eigenvalue weighted by Crippen LogP contribution is -2.20. The van der Waals surface area contributed by atoms with Gasteiger partial charge in [0.15, 0.2) is 5.78 Å². The molecule has 1 atom stereocenters. The average molecular weight is 380 g/mol. The van der Waals surface area contributed by atoms with Crippen LogP contribution in [0.1, 0.15) is 34.0 Å². The van der Waals surface area contributed by atoms with Gasteiger partial charge in [-0.05, 0) is 42.2 Å². The molecule has 0 spiro atoms. The largest absolute Gasteiger partial charge is 0.294 e. The quantitative estimate of drug-likeness (QED) is 0.489. The number of ketones is 1. The van der Waals surface area contributed by atoms with Gasteiger partial charge >= 0.3 is 0 Å². The third kappa shape index (κ3) is 2.55. The van der Waals surface area contributed by atoms with Crippen LogP contribution in [0.4, 0.5) is 0 Å². The third-order valence-electron chi connectivity index (χ3n) is 4.82. The molecule has 0 amide bonds. The van der Waals surface area contributed by atoms with Gasteiger partial charge in [0.1, 0.15) is 0 Å². The molecule has 2 aromatic carbocycles. The van der Waals surface area contributed by atoms with Gasteiger partial charge in [-0.1, -0.05) is 47.2 Å². The van der Waals surface area contributed by atoms with E-state index in [9.17, 15) is 4.79 Å². The van der Waals surface area contributed by atoms with Crippen molar-refractivity contribution in [1.29, 1.82) is 0 Å². The predicted octanol–water partition coefficient (Wildman–Crippen LogP) is 5.05. The van der Waals surface area contributed by atoms with E-state index in [0.29, 0.717) is 17.0 Å². The normalized spacial score (nSPS) is 16.8. The van der Waals surface area contributed by atoms with Crippen molar-refractivity contribution >= 4 is 38.9 Å². The Morgan fingerprint density at radius 3 is 2.85 bits per heavy atom. The number of Topliss-reactive ketones (excluding diaryl/α,β-unsaturated/α-hetero) is 1. The third-order valence-corrected chi connectivity index (χ3v) is 6.07. The Kier molecular flexibility index (Phi) is 3.65. The van der Waals surface area contributed by atoms with Crippen LogP contribution in [-0.2, 0) is 6.42 Å². The Morgan fingerprint density at radius 2 is 2.00 bits per heavy atom. The number of carbonyl (C=O) groups is 1. The number of nitrogens with zero attached hydrogens (tertiary/aromatic N) is 3. The maximum atomic E-state index is 12.7. The van der Waals surface area contributed by atoms with Gasteiger partial charge in [0, 0.05) is 11.4 Å². The summed E-state index contributed by atoms with van der Waals surface area (Å²) in [5.41, 5.74) is 3.69. The van der Waals surface area contributed by atoms with Crippen molar-refractivity contribution in [2.24, 2.45) is 0 Å². The van der Waals surface area contributed by atoms with Gasteiger partial charge in [-0.2, -0.15) is 5.10 Å². The molecule has 0 aliphatic heterocycles. The van der Waals surface area contributed by atoms with Gasteiger partial charge < -0.3 is 0 Å². The average Bonchev–Trinajstić information content (AvgIpc) is 3.25. The molecule has 128 valence electrons. The molecule has 0 N–H and O–H groups in total. The van der Waals surface area contributed by atoms with E-state index in [-0.39, 0.29) is 11.7 Å². The van der Waals surface area contributed by atoms with E-state index in [2.05, 4.69) is 10.1 Å². The molecule has 4 aromatic rings. The molecule has 0 radical (unpaired) electrons. The van der Waals surface area contributed by atoms with E-state index in [1.165, 1.54) is 0 Å². The van der Waals surface area contributed by atoms with Crippen LogP contribution >= 0.6 is 22.9 Å². The van der Waals surface area contributed by atoms with Crippen LogP contribution < -0.4 is 0 Å². The highest BCUT2D eigenvalue weighted by Crippen LogP contribution is 2.35. The summed E-state index contributed by atoms with van der Waals surface area (Å²) in [5.74, 6) is 0.238. The summed E-state index contributed by atoms with van der Waals surface area (Å²) in [4.78, 5) is 17.4. The van der Waals surface area contributed by atoms with Gasteiger partial charge in [0.2, 0.25) is 5.13 Å². The summed E-state index contributed by atoms with van der Waals surface area (Å²) in [5, 5.41) is 5.97. The Morgan fingerprint density at radius 1 is 1.12 bits per heavy atom. The van der Waals surface area contributed by atoms with Crippen molar-refractivity contribution in [2.45, 2.75) is 18.8 Å². The number of fused-ring (bicyclic) bond motifs is 2. The maximum Gasteiger partial charge on any atom is 0.211 e. The lowest BCUT2D eigenvalue weighted by atomic mass is 9.82. The lowest BCUT2D eigenvalue weighted by Gasteiger charge is -2.22. The molecule has 0 fully saturated rings. The second-order valence-electron chi connectivity index (χ2n) is 6.46. The molecule has 2 heterocycles. The molecule has 0 saturated heterocycles. The summed E-state index contributed by atoms with van der Waals surface area (Å²) in [6.07, 6.45) is 2.91. The molecule has 26 heavy (non-hydrogen) atoms. The number of benzene rings is 2. The Labute approximate surface area is 159 Å². The summed E-state index contributed by atoms with van der Waals surface area (Å²) >= 11 is 7.73. The summed E-state index contributed by atoms with van der Waals surface area (Å²) < 4.78 is 2.94. The standard InChI is InChI=1S/C20H14ClN3OS/c21-14-5-3-4-12(8-14)13-9-17-15(18(25)10-13)11-22-24(17)20-23-16-6-1-2-7-19(16)26-20/h1-8,11,13H,9-10H2. The molecular formula is C20H14ClN3OS. The first kappa shape index (κ1) is 15.7. The van der Waals surface area contributed by atoms with Crippen LogP contribution in [0.25, 0.3) is 15.3 Å². The molecule has 0 bridgehead atoms. The fraction of sp³-hybridized carbons (Fsp3) is 0.150. The van der Waals surface area contributed by atoms with Gasteiger partial charge in [-0.15, -0.1) is 0 Å². The highest BCUT2D eigenvalue weighted by molar-refractivity contribution is 7.20. The molecule has 5 rings (SSSR count). The summed E-state index contributed by atoms with van der Waals surface area (Å²) in [7, 11) is 0. The topological polar surface area (TPSA) is 47.8 Å².